The van der Waals surface area contributed by atoms with Crippen molar-refractivity contribution in [3.63, 3.8) is 0 Å². The molecule has 2 aliphatic rings. The van der Waals surface area contributed by atoms with Crippen molar-refractivity contribution in [2.45, 2.75) is 57.0 Å². The van der Waals surface area contributed by atoms with Crippen molar-refractivity contribution in [3.05, 3.63) is 24.3 Å². The van der Waals surface area contributed by atoms with Crippen molar-refractivity contribution in [1.82, 2.24) is 4.90 Å². The summed E-state index contributed by atoms with van der Waals surface area (Å²) in [5, 5.41) is 4.20. The number of thiocarbonyl (C=S) groups is 1. The minimum absolute atomic E-state index is 0.791. The van der Waals surface area contributed by atoms with Crippen LogP contribution >= 0.6 is 12.2 Å². The Bertz CT molecular complexity index is 566. The molecule has 1 aromatic carbocycles. The molecule has 0 spiro atoms. The average molecular weight is 363 g/mol. The summed E-state index contributed by atoms with van der Waals surface area (Å²) in [5.74, 6) is 0.851. The van der Waals surface area contributed by atoms with Crippen molar-refractivity contribution in [3.8, 4) is 5.75 Å². The summed E-state index contributed by atoms with van der Waals surface area (Å²) in [7, 11) is 4.11. The molecule has 1 atom stereocenters. The molecule has 1 heterocycles. The van der Waals surface area contributed by atoms with Gasteiger partial charge in [0.05, 0.1) is 26.2 Å². The fraction of sp³-hybridized carbons (Fsp3) is 0.650. The van der Waals surface area contributed by atoms with E-state index in [0.29, 0.717) is 0 Å². The first-order valence-electron chi connectivity index (χ1n) is 9.70. The monoisotopic (exact) mass is 362 g/mol. The first-order chi connectivity index (χ1) is 12.2. The minimum Gasteiger partial charge on any atom is -0.497 e. The van der Waals surface area contributed by atoms with E-state index >= 15 is 0 Å². The van der Waals surface area contributed by atoms with Crippen molar-refractivity contribution < 1.29 is 9.64 Å². The van der Waals surface area contributed by atoms with E-state index in [9.17, 15) is 0 Å². The average Bonchev–Trinajstić information content (AvgIpc) is 2.68. The largest absolute Gasteiger partial charge is 0.497 e. The maximum atomic E-state index is 5.63. The second-order valence-corrected chi connectivity index (χ2v) is 7.89. The number of nitrogens with one attached hydrogen (secondary N) is 2. The lowest BCUT2D eigenvalue weighted by atomic mass is 9.92. The van der Waals surface area contributed by atoms with Gasteiger partial charge in [0.15, 0.2) is 5.11 Å². The van der Waals surface area contributed by atoms with Crippen LogP contribution in [-0.4, -0.2) is 49.3 Å². The van der Waals surface area contributed by atoms with E-state index in [4.69, 9.17) is 17.0 Å². The third-order valence-corrected chi connectivity index (χ3v) is 6.36. The Morgan fingerprint density at radius 3 is 2.48 bits per heavy atom. The van der Waals surface area contributed by atoms with Crippen LogP contribution in [0.15, 0.2) is 24.3 Å². The van der Waals surface area contributed by atoms with E-state index in [1.54, 1.807) is 12.0 Å². The third kappa shape index (κ3) is 4.85. The Kier molecular flexibility index (Phi) is 6.54. The number of ether oxygens (including phenoxy) is 1. The first kappa shape index (κ1) is 18.5. The molecule has 0 aromatic heterocycles. The molecule has 1 aromatic rings. The summed E-state index contributed by atoms with van der Waals surface area (Å²) in [6.07, 6.45) is 9.60. The van der Waals surface area contributed by atoms with E-state index < -0.39 is 0 Å². The molecule has 0 bridgehead atoms. The molecule has 1 aliphatic heterocycles. The van der Waals surface area contributed by atoms with Gasteiger partial charge in [-0.25, -0.2) is 0 Å². The quantitative estimate of drug-likeness (QED) is 0.806. The van der Waals surface area contributed by atoms with Crippen LogP contribution in [0, 0.1) is 0 Å². The molecule has 4 nitrogen and oxygen atoms in total. The van der Waals surface area contributed by atoms with Gasteiger partial charge in [-0.3, -0.25) is 0 Å². The predicted octanol–water partition coefficient (Wildman–Crippen LogP) is 2.70. The number of nitrogens with zero attached hydrogens (tertiary/aromatic N) is 1. The van der Waals surface area contributed by atoms with Gasteiger partial charge < -0.3 is 19.9 Å². The van der Waals surface area contributed by atoms with E-state index in [0.717, 1.165) is 41.7 Å². The Labute approximate surface area is 157 Å². The van der Waals surface area contributed by atoms with Crippen LogP contribution in [0.1, 0.15) is 44.9 Å². The van der Waals surface area contributed by atoms with E-state index in [2.05, 4.69) is 17.3 Å². The number of likely N-dealkylation sites (tertiary alicyclic amines) is 1. The highest BCUT2D eigenvalue weighted by Gasteiger charge is 2.31. The van der Waals surface area contributed by atoms with Gasteiger partial charge in [-0.15, -0.1) is 0 Å². The molecule has 2 fully saturated rings. The highest BCUT2D eigenvalue weighted by Crippen LogP contribution is 2.19. The van der Waals surface area contributed by atoms with Crippen LogP contribution in [0.25, 0.3) is 0 Å². The van der Waals surface area contributed by atoms with Crippen LogP contribution in [0.5, 0.6) is 5.75 Å². The summed E-state index contributed by atoms with van der Waals surface area (Å²) in [4.78, 5) is 4.09. The van der Waals surface area contributed by atoms with Gasteiger partial charge in [-0.2, -0.15) is 0 Å². The fourth-order valence-corrected chi connectivity index (χ4v) is 4.63. The highest BCUT2D eigenvalue weighted by atomic mass is 32.1. The highest BCUT2D eigenvalue weighted by molar-refractivity contribution is 7.80. The standard InChI is InChI=1S/C20H31N3OS/c1-22(17-8-4-3-5-9-17)18-11-13-23(14-12-18)20(25)21-16-7-6-10-19(15-16)24-2/h6-7,10,15,17-18H,3-5,8-9,11-14H2,1-2H3,(H,21,25)/p+1. The zero-order valence-electron chi connectivity index (χ0n) is 15.6. The van der Waals surface area contributed by atoms with E-state index in [1.807, 2.05) is 24.3 Å². The Balaban J connectivity index is 1.48. The van der Waals surface area contributed by atoms with Crippen LogP contribution in [0.4, 0.5) is 5.69 Å². The molecule has 0 radical (unpaired) electrons. The first-order valence-corrected chi connectivity index (χ1v) is 10.1. The smallest absolute Gasteiger partial charge is 0.173 e. The van der Waals surface area contributed by atoms with E-state index in [1.165, 1.54) is 44.9 Å². The Hall–Kier alpha value is -1.33. The molecule has 2 N–H and O–H groups in total. The van der Waals surface area contributed by atoms with Crippen molar-refractivity contribution in [2.75, 3.05) is 32.6 Å². The number of benzene rings is 1. The van der Waals surface area contributed by atoms with Gasteiger partial charge in [0.1, 0.15) is 5.75 Å². The topological polar surface area (TPSA) is 28.9 Å². The molecular weight excluding hydrogens is 330 g/mol. The summed E-state index contributed by atoms with van der Waals surface area (Å²) in [6, 6.07) is 9.62. The number of hydrogen-bond acceptors (Lipinski definition) is 2. The molecule has 138 valence electrons. The lowest BCUT2D eigenvalue weighted by molar-refractivity contribution is -0.933. The third-order valence-electron chi connectivity index (χ3n) is 6.00. The molecule has 1 aliphatic carbocycles. The molecule has 0 amide bonds. The summed E-state index contributed by atoms with van der Waals surface area (Å²) < 4.78 is 5.28. The molecule has 1 unspecified atom stereocenters. The van der Waals surface area contributed by atoms with Gasteiger partial charge in [0.25, 0.3) is 0 Å². The van der Waals surface area contributed by atoms with Crippen LogP contribution < -0.4 is 15.0 Å². The maximum Gasteiger partial charge on any atom is 0.173 e. The van der Waals surface area contributed by atoms with Gasteiger partial charge in [0, 0.05) is 37.7 Å². The van der Waals surface area contributed by atoms with Gasteiger partial charge in [0.2, 0.25) is 0 Å². The second kappa shape index (κ2) is 8.86. The number of piperidine rings is 1. The molecule has 5 heteroatoms. The summed E-state index contributed by atoms with van der Waals surface area (Å²) in [5.41, 5.74) is 0.997. The van der Waals surface area contributed by atoms with Gasteiger partial charge in [-0.1, -0.05) is 12.5 Å². The number of methoxy groups -OCH3 is 1. The minimum atomic E-state index is 0.791. The number of anilines is 1. The van der Waals surface area contributed by atoms with E-state index in [-0.39, 0.29) is 0 Å². The van der Waals surface area contributed by atoms with Crippen molar-refractivity contribution >= 4 is 23.0 Å². The van der Waals surface area contributed by atoms with Crippen LogP contribution in [-0.2, 0) is 0 Å². The van der Waals surface area contributed by atoms with Crippen molar-refractivity contribution in [1.29, 1.82) is 0 Å². The van der Waals surface area contributed by atoms with Crippen molar-refractivity contribution in [2.24, 2.45) is 0 Å². The SMILES string of the molecule is COc1cccc(NC(=S)N2CCC([NH+](C)C3CCCCC3)CC2)c1. The lowest BCUT2D eigenvalue weighted by Crippen LogP contribution is -3.17. The van der Waals surface area contributed by atoms with Gasteiger partial charge >= 0.3 is 0 Å². The summed E-state index contributed by atoms with van der Waals surface area (Å²) in [6.45, 7) is 2.12. The van der Waals surface area contributed by atoms with Gasteiger partial charge in [-0.05, 0) is 50.0 Å². The molecule has 1 saturated carbocycles. The second-order valence-electron chi connectivity index (χ2n) is 7.50. The lowest BCUT2D eigenvalue weighted by Gasteiger charge is -2.39. The zero-order valence-corrected chi connectivity index (χ0v) is 16.4. The molecule has 1 saturated heterocycles. The Morgan fingerprint density at radius 1 is 1.12 bits per heavy atom. The number of quaternary nitrogens is 1. The fourth-order valence-electron chi connectivity index (χ4n) is 4.33. The molecule has 3 rings (SSSR count). The maximum absolute atomic E-state index is 5.63. The summed E-state index contributed by atoms with van der Waals surface area (Å²) >= 11 is 5.63. The molecular formula is C20H32N3OS+. The predicted molar refractivity (Wildman–Crippen MR) is 108 cm³/mol. The van der Waals surface area contributed by atoms with Crippen LogP contribution in [0.3, 0.4) is 0 Å². The molecule has 25 heavy (non-hydrogen) atoms. The van der Waals surface area contributed by atoms with Crippen LogP contribution in [0.2, 0.25) is 0 Å². The number of rotatable bonds is 4. The normalized spacial score (nSPS) is 21.0. The Morgan fingerprint density at radius 2 is 1.80 bits per heavy atom. The number of hydrogen-bond donors (Lipinski definition) is 2. The zero-order chi connectivity index (χ0) is 17.6.